The third-order valence-corrected chi connectivity index (χ3v) is 3.82. The van der Waals surface area contributed by atoms with Gasteiger partial charge in [0, 0.05) is 12.0 Å². The number of oxime groups is 1. The van der Waals surface area contributed by atoms with E-state index in [1.165, 1.54) is 5.56 Å². The van der Waals surface area contributed by atoms with Crippen molar-refractivity contribution in [2.45, 2.75) is 25.7 Å². The summed E-state index contributed by atoms with van der Waals surface area (Å²) in [6.45, 7) is 1.94. The Morgan fingerprint density at radius 3 is 2.67 bits per heavy atom. The molecule has 3 rings (SSSR count). The van der Waals surface area contributed by atoms with Gasteiger partial charge in [-0.3, -0.25) is 0 Å². The number of nitrogens with two attached hydrogens (primary N) is 1. The SMILES string of the molecule is CON=C1CC(c2ccccc2)Cc2nc(N)nc(C)c21. The fraction of sp³-hybridized carbons (Fsp3) is 0.312. The summed E-state index contributed by atoms with van der Waals surface area (Å²) >= 11 is 0. The van der Waals surface area contributed by atoms with Crippen LogP contribution in [0.3, 0.4) is 0 Å². The summed E-state index contributed by atoms with van der Waals surface area (Å²) in [5, 5.41) is 4.19. The molecular formula is C16H18N4O. The van der Waals surface area contributed by atoms with Gasteiger partial charge >= 0.3 is 0 Å². The highest BCUT2D eigenvalue weighted by Gasteiger charge is 2.28. The van der Waals surface area contributed by atoms with Gasteiger partial charge in [-0.15, -0.1) is 0 Å². The summed E-state index contributed by atoms with van der Waals surface area (Å²) in [7, 11) is 1.56. The van der Waals surface area contributed by atoms with Crippen molar-refractivity contribution in [2.24, 2.45) is 5.16 Å². The fourth-order valence-corrected chi connectivity index (χ4v) is 2.97. The predicted molar refractivity (Wildman–Crippen MR) is 82.2 cm³/mol. The van der Waals surface area contributed by atoms with E-state index in [0.29, 0.717) is 11.9 Å². The van der Waals surface area contributed by atoms with Crippen LogP contribution in [-0.2, 0) is 11.3 Å². The predicted octanol–water partition coefficient (Wildman–Crippen LogP) is 2.45. The van der Waals surface area contributed by atoms with Crippen LogP contribution in [0.1, 0.15) is 34.9 Å². The Morgan fingerprint density at radius 2 is 1.95 bits per heavy atom. The van der Waals surface area contributed by atoms with Gasteiger partial charge in [0.2, 0.25) is 5.95 Å². The van der Waals surface area contributed by atoms with Gasteiger partial charge in [0.05, 0.1) is 17.1 Å². The Hall–Kier alpha value is -2.43. The van der Waals surface area contributed by atoms with Crippen molar-refractivity contribution in [1.29, 1.82) is 0 Å². The number of benzene rings is 1. The van der Waals surface area contributed by atoms with Crippen molar-refractivity contribution in [3.8, 4) is 0 Å². The molecule has 1 aromatic carbocycles. The number of hydrogen-bond donors (Lipinski definition) is 1. The molecule has 1 aromatic heterocycles. The Morgan fingerprint density at radius 1 is 1.19 bits per heavy atom. The Balaban J connectivity index is 2.07. The second kappa shape index (κ2) is 5.52. The minimum atomic E-state index is 0.316. The summed E-state index contributed by atoms with van der Waals surface area (Å²) < 4.78 is 0. The van der Waals surface area contributed by atoms with E-state index < -0.39 is 0 Å². The number of nitrogens with zero attached hydrogens (tertiary/aromatic N) is 3. The first-order valence-electron chi connectivity index (χ1n) is 6.97. The quantitative estimate of drug-likeness (QED) is 0.859. The van der Waals surface area contributed by atoms with E-state index in [1.807, 2.05) is 13.0 Å². The second-order valence-electron chi connectivity index (χ2n) is 5.23. The highest BCUT2D eigenvalue weighted by atomic mass is 16.6. The van der Waals surface area contributed by atoms with Crippen molar-refractivity contribution in [2.75, 3.05) is 12.8 Å². The van der Waals surface area contributed by atoms with E-state index in [9.17, 15) is 0 Å². The first kappa shape index (κ1) is 13.5. The van der Waals surface area contributed by atoms with E-state index in [4.69, 9.17) is 10.6 Å². The second-order valence-corrected chi connectivity index (χ2v) is 5.23. The molecule has 0 radical (unpaired) electrons. The van der Waals surface area contributed by atoms with Gasteiger partial charge in [0.25, 0.3) is 0 Å². The highest BCUT2D eigenvalue weighted by Crippen LogP contribution is 2.33. The molecule has 0 aliphatic heterocycles. The molecule has 5 heteroatoms. The summed E-state index contributed by atoms with van der Waals surface area (Å²) in [6.07, 6.45) is 1.66. The van der Waals surface area contributed by atoms with Crippen LogP contribution in [0, 0.1) is 6.92 Å². The Bertz CT molecular complexity index is 682. The summed E-state index contributed by atoms with van der Waals surface area (Å²) in [6, 6.07) is 10.4. The number of aryl methyl sites for hydroxylation is 1. The van der Waals surface area contributed by atoms with E-state index in [-0.39, 0.29) is 0 Å². The average molecular weight is 282 g/mol. The lowest BCUT2D eigenvalue weighted by Gasteiger charge is -2.26. The molecule has 1 aliphatic carbocycles. The molecule has 0 saturated carbocycles. The lowest BCUT2D eigenvalue weighted by atomic mass is 9.81. The van der Waals surface area contributed by atoms with Gasteiger partial charge in [-0.2, -0.15) is 0 Å². The van der Waals surface area contributed by atoms with Crippen LogP contribution in [0.25, 0.3) is 0 Å². The molecule has 108 valence electrons. The lowest BCUT2D eigenvalue weighted by molar-refractivity contribution is 0.212. The number of fused-ring (bicyclic) bond motifs is 1. The zero-order chi connectivity index (χ0) is 14.8. The molecule has 0 amide bonds. The fourth-order valence-electron chi connectivity index (χ4n) is 2.97. The maximum absolute atomic E-state index is 5.79. The Labute approximate surface area is 123 Å². The largest absolute Gasteiger partial charge is 0.399 e. The molecule has 0 fully saturated rings. The van der Waals surface area contributed by atoms with Crippen molar-refractivity contribution in [3.63, 3.8) is 0 Å². The first-order chi connectivity index (χ1) is 10.2. The molecule has 5 nitrogen and oxygen atoms in total. The van der Waals surface area contributed by atoms with Gasteiger partial charge < -0.3 is 10.6 Å². The maximum atomic E-state index is 5.79. The number of anilines is 1. The van der Waals surface area contributed by atoms with Gasteiger partial charge in [0.15, 0.2) is 0 Å². The number of rotatable bonds is 2. The third-order valence-electron chi connectivity index (χ3n) is 3.82. The minimum absolute atomic E-state index is 0.316. The van der Waals surface area contributed by atoms with Crippen LogP contribution in [0.4, 0.5) is 5.95 Å². The zero-order valence-electron chi connectivity index (χ0n) is 12.2. The maximum Gasteiger partial charge on any atom is 0.220 e. The Kier molecular flexibility index (Phi) is 3.56. The van der Waals surface area contributed by atoms with Crippen LogP contribution in [-0.4, -0.2) is 22.8 Å². The molecule has 0 bridgehead atoms. The summed E-state index contributed by atoms with van der Waals surface area (Å²) in [5.74, 6) is 0.651. The van der Waals surface area contributed by atoms with Crippen LogP contribution in [0.2, 0.25) is 0 Å². The average Bonchev–Trinajstić information content (AvgIpc) is 2.47. The third kappa shape index (κ3) is 2.59. The van der Waals surface area contributed by atoms with Crippen LogP contribution >= 0.6 is 0 Å². The molecule has 21 heavy (non-hydrogen) atoms. The lowest BCUT2D eigenvalue weighted by Crippen LogP contribution is -2.23. The molecule has 0 spiro atoms. The van der Waals surface area contributed by atoms with E-state index in [0.717, 1.165) is 35.5 Å². The van der Waals surface area contributed by atoms with Gasteiger partial charge in [-0.1, -0.05) is 35.5 Å². The molecule has 0 saturated heterocycles. The summed E-state index contributed by atoms with van der Waals surface area (Å²) in [4.78, 5) is 13.7. The highest BCUT2D eigenvalue weighted by molar-refractivity contribution is 6.03. The number of nitrogen functional groups attached to an aromatic ring is 1. The van der Waals surface area contributed by atoms with Crippen molar-refractivity contribution >= 4 is 11.7 Å². The van der Waals surface area contributed by atoms with Crippen LogP contribution in [0.15, 0.2) is 35.5 Å². The molecule has 1 aliphatic rings. The van der Waals surface area contributed by atoms with Gasteiger partial charge in [-0.05, 0) is 24.8 Å². The van der Waals surface area contributed by atoms with E-state index >= 15 is 0 Å². The van der Waals surface area contributed by atoms with Crippen molar-refractivity contribution in [1.82, 2.24) is 9.97 Å². The zero-order valence-corrected chi connectivity index (χ0v) is 12.2. The monoisotopic (exact) mass is 282 g/mol. The number of hydrogen-bond acceptors (Lipinski definition) is 5. The van der Waals surface area contributed by atoms with Crippen LogP contribution < -0.4 is 5.73 Å². The van der Waals surface area contributed by atoms with Gasteiger partial charge in [0.1, 0.15) is 7.11 Å². The van der Waals surface area contributed by atoms with Crippen molar-refractivity contribution < 1.29 is 4.84 Å². The van der Waals surface area contributed by atoms with Crippen LogP contribution in [0.5, 0.6) is 0 Å². The van der Waals surface area contributed by atoms with E-state index in [2.05, 4.69) is 39.4 Å². The molecule has 1 unspecified atom stereocenters. The number of aromatic nitrogens is 2. The van der Waals surface area contributed by atoms with Gasteiger partial charge in [-0.25, -0.2) is 9.97 Å². The smallest absolute Gasteiger partial charge is 0.220 e. The van der Waals surface area contributed by atoms with E-state index in [1.54, 1.807) is 7.11 Å². The molecule has 1 heterocycles. The summed E-state index contributed by atoms with van der Waals surface area (Å²) in [5.41, 5.74) is 10.8. The topological polar surface area (TPSA) is 73.4 Å². The molecule has 2 N–H and O–H groups in total. The molecule has 1 atom stereocenters. The standard InChI is InChI=1S/C16H18N4O/c1-10-15-13(19-16(17)18-10)8-12(9-14(15)20-21-2)11-6-4-3-5-7-11/h3-7,12H,8-9H2,1-2H3,(H2,17,18,19). The van der Waals surface area contributed by atoms with Crippen molar-refractivity contribution in [3.05, 3.63) is 52.8 Å². The normalized spacial score (nSPS) is 19.3. The minimum Gasteiger partial charge on any atom is -0.399 e. The molecule has 2 aromatic rings. The molecular weight excluding hydrogens is 264 g/mol. The first-order valence-corrected chi connectivity index (χ1v) is 6.97.